The molecule has 0 saturated carbocycles. The highest BCUT2D eigenvalue weighted by molar-refractivity contribution is 6.08. The van der Waals surface area contributed by atoms with Crippen molar-refractivity contribution in [2.45, 2.75) is 0 Å². The van der Waals surface area contributed by atoms with Crippen LogP contribution in [0.25, 0.3) is 0 Å². The van der Waals surface area contributed by atoms with Gasteiger partial charge in [0.2, 0.25) is 0 Å². The van der Waals surface area contributed by atoms with Crippen LogP contribution in [-0.4, -0.2) is 16.2 Å². The molecule has 0 saturated heterocycles. The van der Waals surface area contributed by atoms with Crippen LogP contribution >= 0.6 is 0 Å². The van der Waals surface area contributed by atoms with Gasteiger partial charge >= 0.3 is 6.03 Å². The molecule has 8 heteroatoms. The summed E-state index contributed by atoms with van der Waals surface area (Å²) in [7, 11) is 0. The van der Waals surface area contributed by atoms with Gasteiger partial charge in [0, 0.05) is 12.1 Å². The molecule has 8 nitrogen and oxygen atoms in total. The first-order chi connectivity index (χ1) is 10.1. The standard InChI is InChI=1S/C13H10N4O4/c18-13-14-11-6-1-2-7-12(11)16(19)15(13)9-4-3-5-10(8-9)17(20)21/h1-8,19H,(H,14,18). The number of nitrogens with zero attached hydrogens (tertiary/aromatic N) is 3. The SMILES string of the molecule is O=C1Nc2ccccc2N(O)N1c1cccc([N+](=O)[O-])c1. The Bertz CT molecular complexity index is 734. The van der Waals surface area contributed by atoms with Crippen molar-refractivity contribution in [3.63, 3.8) is 0 Å². The lowest BCUT2D eigenvalue weighted by atomic mass is 10.2. The summed E-state index contributed by atoms with van der Waals surface area (Å²) in [5, 5.41) is 25.2. The molecule has 1 heterocycles. The summed E-state index contributed by atoms with van der Waals surface area (Å²) in [6.45, 7) is 0. The molecule has 2 amide bonds. The van der Waals surface area contributed by atoms with Crippen LogP contribution in [0.4, 0.5) is 27.5 Å². The van der Waals surface area contributed by atoms with Gasteiger partial charge in [-0.2, -0.15) is 10.2 Å². The summed E-state index contributed by atoms with van der Waals surface area (Å²) >= 11 is 0. The van der Waals surface area contributed by atoms with Crippen LogP contribution in [0, 0.1) is 10.1 Å². The maximum absolute atomic E-state index is 12.1. The van der Waals surface area contributed by atoms with Gasteiger partial charge in [-0.15, -0.1) is 0 Å². The number of anilines is 3. The quantitative estimate of drug-likeness (QED) is 0.653. The van der Waals surface area contributed by atoms with Crippen molar-refractivity contribution in [3.8, 4) is 0 Å². The minimum Gasteiger partial charge on any atom is -0.304 e. The van der Waals surface area contributed by atoms with Crippen molar-refractivity contribution >= 4 is 28.8 Å². The van der Waals surface area contributed by atoms with Crippen LogP contribution < -0.4 is 15.5 Å². The second-order valence-corrected chi connectivity index (χ2v) is 4.33. The molecule has 0 fully saturated rings. The third-order valence-electron chi connectivity index (χ3n) is 3.03. The maximum Gasteiger partial charge on any atom is 0.347 e. The molecule has 0 radical (unpaired) electrons. The molecule has 3 rings (SSSR count). The fourth-order valence-electron chi connectivity index (χ4n) is 2.08. The van der Waals surface area contributed by atoms with E-state index in [2.05, 4.69) is 5.32 Å². The number of rotatable bonds is 2. The van der Waals surface area contributed by atoms with Gasteiger partial charge in [0.25, 0.3) is 5.69 Å². The number of non-ortho nitro benzene ring substituents is 1. The van der Waals surface area contributed by atoms with Crippen molar-refractivity contribution in [1.82, 2.24) is 0 Å². The molecule has 1 aliphatic rings. The van der Waals surface area contributed by atoms with Gasteiger partial charge < -0.3 is 5.32 Å². The van der Waals surface area contributed by atoms with Crippen molar-refractivity contribution in [3.05, 3.63) is 58.6 Å². The Morgan fingerprint density at radius 1 is 1.14 bits per heavy atom. The zero-order valence-corrected chi connectivity index (χ0v) is 10.6. The van der Waals surface area contributed by atoms with Crippen LogP contribution in [0.15, 0.2) is 48.5 Å². The molecular weight excluding hydrogens is 276 g/mol. The molecule has 2 aromatic rings. The van der Waals surface area contributed by atoms with Crippen molar-refractivity contribution in [1.29, 1.82) is 0 Å². The lowest BCUT2D eigenvalue weighted by molar-refractivity contribution is -0.384. The first kappa shape index (κ1) is 12.9. The largest absolute Gasteiger partial charge is 0.347 e. The Kier molecular flexibility index (Phi) is 2.92. The maximum atomic E-state index is 12.1. The lowest BCUT2D eigenvalue weighted by Crippen LogP contribution is -2.50. The number of hydrogen-bond donors (Lipinski definition) is 2. The molecule has 0 bridgehead atoms. The van der Waals surface area contributed by atoms with Gasteiger partial charge in [0.05, 0.1) is 16.3 Å². The third kappa shape index (κ3) is 2.13. The van der Waals surface area contributed by atoms with Gasteiger partial charge in [0.15, 0.2) is 0 Å². The molecule has 0 aliphatic carbocycles. The first-order valence-corrected chi connectivity index (χ1v) is 6.01. The molecule has 0 atom stereocenters. The summed E-state index contributed by atoms with van der Waals surface area (Å²) in [6, 6.07) is 11.5. The first-order valence-electron chi connectivity index (χ1n) is 6.01. The van der Waals surface area contributed by atoms with Gasteiger partial charge in [-0.05, 0) is 18.2 Å². The van der Waals surface area contributed by atoms with Crippen LogP contribution in [0.3, 0.4) is 0 Å². The summed E-state index contributed by atoms with van der Waals surface area (Å²) in [5.41, 5.74) is 0.821. The summed E-state index contributed by atoms with van der Waals surface area (Å²) in [4.78, 5) is 22.3. The molecule has 0 spiro atoms. The van der Waals surface area contributed by atoms with E-state index in [1.807, 2.05) is 0 Å². The zero-order valence-electron chi connectivity index (χ0n) is 10.6. The van der Waals surface area contributed by atoms with E-state index in [9.17, 15) is 20.1 Å². The molecule has 0 unspecified atom stereocenters. The highest BCUT2D eigenvalue weighted by Gasteiger charge is 2.30. The highest BCUT2D eigenvalue weighted by Crippen LogP contribution is 2.33. The van der Waals surface area contributed by atoms with Crippen LogP contribution in [-0.2, 0) is 0 Å². The molecular formula is C13H10N4O4. The van der Waals surface area contributed by atoms with Crippen LogP contribution in [0.1, 0.15) is 0 Å². The lowest BCUT2D eigenvalue weighted by Gasteiger charge is -2.35. The fourth-order valence-corrected chi connectivity index (χ4v) is 2.08. The number of fused-ring (bicyclic) bond motifs is 1. The predicted molar refractivity (Wildman–Crippen MR) is 75.3 cm³/mol. The second-order valence-electron chi connectivity index (χ2n) is 4.33. The van der Waals surface area contributed by atoms with Gasteiger partial charge in [0.1, 0.15) is 5.69 Å². The summed E-state index contributed by atoms with van der Waals surface area (Å²) < 4.78 is 0. The average molecular weight is 286 g/mol. The number of nitrogens with one attached hydrogen (secondary N) is 1. The van der Waals surface area contributed by atoms with E-state index < -0.39 is 11.0 Å². The Balaban J connectivity index is 2.05. The number of para-hydroxylation sites is 2. The summed E-state index contributed by atoms with van der Waals surface area (Å²) in [6.07, 6.45) is 0. The normalized spacial score (nSPS) is 13.7. The van der Waals surface area contributed by atoms with E-state index in [1.165, 1.54) is 24.3 Å². The number of hydrogen-bond acceptors (Lipinski definition) is 5. The van der Waals surface area contributed by atoms with Gasteiger partial charge in [-0.25, -0.2) is 4.79 Å². The smallest absolute Gasteiger partial charge is 0.304 e. The number of amides is 2. The minimum absolute atomic E-state index is 0.174. The number of urea groups is 1. The number of carbonyl (C=O) groups excluding carboxylic acids is 1. The molecule has 2 N–H and O–H groups in total. The summed E-state index contributed by atoms with van der Waals surface area (Å²) in [5.74, 6) is 0. The van der Waals surface area contributed by atoms with E-state index in [4.69, 9.17) is 0 Å². The number of nitro groups is 1. The molecule has 2 aromatic carbocycles. The Morgan fingerprint density at radius 3 is 2.67 bits per heavy atom. The van der Waals surface area contributed by atoms with E-state index in [-0.39, 0.29) is 11.4 Å². The zero-order chi connectivity index (χ0) is 15.0. The van der Waals surface area contributed by atoms with Crippen molar-refractivity contribution < 1.29 is 14.9 Å². The monoisotopic (exact) mass is 286 g/mol. The highest BCUT2D eigenvalue weighted by atomic mass is 16.6. The number of benzene rings is 2. The van der Waals surface area contributed by atoms with Crippen molar-refractivity contribution in [2.75, 3.05) is 15.5 Å². The van der Waals surface area contributed by atoms with E-state index in [0.717, 1.165) is 5.01 Å². The number of nitro benzene ring substituents is 1. The average Bonchev–Trinajstić information content (AvgIpc) is 2.47. The second kappa shape index (κ2) is 4.76. The number of carbonyl (C=O) groups is 1. The molecule has 21 heavy (non-hydrogen) atoms. The molecule has 0 aromatic heterocycles. The fraction of sp³-hybridized carbons (Fsp3) is 0. The van der Waals surface area contributed by atoms with Crippen LogP contribution in [0.5, 0.6) is 0 Å². The third-order valence-corrected chi connectivity index (χ3v) is 3.03. The van der Waals surface area contributed by atoms with Crippen LogP contribution in [0.2, 0.25) is 0 Å². The van der Waals surface area contributed by atoms with E-state index >= 15 is 0 Å². The minimum atomic E-state index is -0.614. The van der Waals surface area contributed by atoms with Gasteiger partial charge in [-0.3, -0.25) is 15.3 Å². The number of hydrazine groups is 1. The topological polar surface area (TPSA) is 99.0 Å². The van der Waals surface area contributed by atoms with Crippen molar-refractivity contribution in [2.24, 2.45) is 0 Å². The van der Waals surface area contributed by atoms with Gasteiger partial charge in [-0.1, -0.05) is 18.2 Å². The Morgan fingerprint density at radius 2 is 1.90 bits per heavy atom. The molecule has 1 aliphatic heterocycles. The Hall–Kier alpha value is -3.13. The predicted octanol–water partition coefficient (Wildman–Crippen LogP) is 2.76. The Labute approximate surface area is 118 Å². The molecule has 106 valence electrons. The van der Waals surface area contributed by atoms with E-state index in [1.54, 1.807) is 24.3 Å². The van der Waals surface area contributed by atoms with E-state index in [0.29, 0.717) is 16.5 Å².